The summed E-state index contributed by atoms with van der Waals surface area (Å²) in [6.45, 7) is 2.74. The number of nitriles is 1. The molecule has 23 heavy (non-hydrogen) atoms. The van der Waals surface area contributed by atoms with Crippen LogP contribution in [0.15, 0.2) is 54.6 Å². The molecular formula is C20H20N2O. The molecule has 0 bridgehead atoms. The molecule has 3 nitrogen and oxygen atoms in total. The van der Waals surface area contributed by atoms with Gasteiger partial charge >= 0.3 is 0 Å². The number of fused-ring (bicyclic) bond motifs is 1. The standard InChI is InChI=1S/C20H20N2O/c1-15-18(12-7-13-21)22(14-16-8-3-2-4-9-16)19-11-6-5-10-17(19)20(15)23/h2-6,8-11,15,18H,7,12,14H2,1H3/t15-,18+/m1/s1. The fourth-order valence-electron chi connectivity index (χ4n) is 3.40. The molecular weight excluding hydrogens is 284 g/mol. The van der Waals surface area contributed by atoms with Crippen LogP contribution in [0.2, 0.25) is 0 Å². The van der Waals surface area contributed by atoms with Gasteiger partial charge in [-0.15, -0.1) is 0 Å². The maximum atomic E-state index is 12.7. The minimum absolute atomic E-state index is 0.0669. The van der Waals surface area contributed by atoms with Crippen molar-refractivity contribution < 1.29 is 4.79 Å². The van der Waals surface area contributed by atoms with Crippen LogP contribution in [-0.4, -0.2) is 11.8 Å². The molecule has 2 aromatic rings. The molecule has 3 heteroatoms. The van der Waals surface area contributed by atoms with Crippen molar-refractivity contribution in [2.24, 2.45) is 5.92 Å². The fourth-order valence-corrected chi connectivity index (χ4v) is 3.40. The van der Waals surface area contributed by atoms with Crippen molar-refractivity contribution in [2.45, 2.75) is 32.4 Å². The number of Topliss-reactive ketones (excluding diaryl/α,β-unsaturated/α-hetero) is 1. The van der Waals surface area contributed by atoms with Gasteiger partial charge in [0, 0.05) is 36.2 Å². The summed E-state index contributed by atoms with van der Waals surface area (Å²) < 4.78 is 0. The molecule has 0 amide bonds. The largest absolute Gasteiger partial charge is 0.363 e. The van der Waals surface area contributed by atoms with Gasteiger partial charge in [0.05, 0.1) is 6.07 Å². The van der Waals surface area contributed by atoms with Gasteiger partial charge in [-0.05, 0) is 24.1 Å². The number of carbonyl (C=O) groups excluding carboxylic acids is 1. The van der Waals surface area contributed by atoms with E-state index in [1.807, 2.05) is 49.4 Å². The summed E-state index contributed by atoms with van der Waals surface area (Å²) in [5.74, 6) is 0.0924. The molecule has 0 aliphatic carbocycles. The molecule has 0 N–H and O–H groups in total. The first kappa shape index (κ1) is 15.3. The number of ketones is 1. The second kappa shape index (κ2) is 6.66. The first-order valence-electron chi connectivity index (χ1n) is 8.03. The molecule has 0 fully saturated rings. The van der Waals surface area contributed by atoms with E-state index in [1.54, 1.807) is 0 Å². The SMILES string of the molecule is C[C@H]1C(=O)c2ccccc2N(Cc2ccccc2)[C@H]1CCC#N. The Labute approximate surface area is 137 Å². The molecule has 1 aliphatic heterocycles. The highest BCUT2D eigenvalue weighted by Gasteiger charge is 2.36. The predicted octanol–water partition coefficient (Wildman–Crippen LogP) is 4.20. The Morgan fingerprint density at radius 2 is 1.78 bits per heavy atom. The Kier molecular flexibility index (Phi) is 4.43. The summed E-state index contributed by atoms with van der Waals surface area (Å²) in [7, 11) is 0. The van der Waals surface area contributed by atoms with E-state index >= 15 is 0 Å². The first-order chi connectivity index (χ1) is 11.2. The highest BCUT2D eigenvalue weighted by molar-refractivity contribution is 6.05. The number of nitrogens with zero attached hydrogens (tertiary/aromatic N) is 2. The lowest BCUT2D eigenvalue weighted by Crippen LogP contribution is -2.46. The summed E-state index contributed by atoms with van der Waals surface area (Å²) in [6, 6.07) is 20.4. The van der Waals surface area contributed by atoms with E-state index in [4.69, 9.17) is 5.26 Å². The van der Waals surface area contributed by atoms with Gasteiger partial charge in [-0.3, -0.25) is 4.79 Å². The van der Waals surface area contributed by atoms with Crippen molar-refractivity contribution in [1.29, 1.82) is 5.26 Å². The van der Waals surface area contributed by atoms with Crippen LogP contribution in [0.25, 0.3) is 0 Å². The summed E-state index contributed by atoms with van der Waals surface area (Å²) in [4.78, 5) is 15.0. The third kappa shape index (κ3) is 2.98. The number of anilines is 1. The smallest absolute Gasteiger partial charge is 0.169 e. The summed E-state index contributed by atoms with van der Waals surface area (Å²) in [5.41, 5.74) is 3.00. The Hall–Kier alpha value is -2.60. The zero-order valence-corrected chi connectivity index (χ0v) is 13.3. The van der Waals surface area contributed by atoms with Crippen molar-refractivity contribution in [1.82, 2.24) is 0 Å². The zero-order chi connectivity index (χ0) is 16.2. The quantitative estimate of drug-likeness (QED) is 0.850. The Bertz CT molecular complexity index is 733. The minimum atomic E-state index is -0.0954. The van der Waals surface area contributed by atoms with E-state index in [-0.39, 0.29) is 17.7 Å². The van der Waals surface area contributed by atoms with Crippen LogP contribution in [0.5, 0.6) is 0 Å². The number of benzene rings is 2. The second-order valence-corrected chi connectivity index (χ2v) is 6.05. The molecule has 0 unspecified atom stereocenters. The van der Waals surface area contributed by atoms with Crippen LogP contribution in [0, 0.1) is 17.2 Å². The molecule has 0 saturated carbocycles. The number of rotatable bonds is 4. The second-order valence-electron chi connectivity index (χ2n) is 6.05. The van der Waals surface area contributed by atoms with E-state index in [9.17, 15) is 4.79 Å². The molecule has 2 atom stereocenters. The van der Waals surface area contributed by atoms with E-state index in [1.165, 1.54) is 5.56 Å². The zero-order valence-electron chi connectivity index (χ0n) is 13.3. The van der Waals surface area contributed by atoms with Crippen LogP contribution < -0.4 is 4.90 Å². The van der Waals surface area contributed by atoms with Gasteiger partial charge in [-0.25, -0.2) is 0 Å². The van der Waals surface area contributed by atoms with E-state index in [2.05, 4.69) is 23.1 Å². The Morgan fingerprint density at radius 3 is 2.52 bits per heavy atom. The minimum Gasteiger partial charge on any atom is -0.363 e. The molecule has 116 valence electrons. The topological polar surface area (TPSA) is 44.1 Å². The van der Waals surface area contributed by atoms with Crippen LogP contribution >= 0.6 is 0 Å². The van der Waals surface area contributed by atoms with Gasteiger partial charge in [0.25, 0.3) is 0 Å². The van der Waals surface area contributed by atoms with Gasteiger partial charge in [-0.1, -0.05) is 49.4 Å². The summed E-state index contributed by atoms with van der Waals surface area (Å²) >= 11 is 0. The lowest BCUT2D eigenvalue weighted by atomic mass is 9.83. The van der Waals surface area contributed by atoms with Crippen molar-refractivity contribution in [3.8, 4) is 6.07 Å². The van der Waals surface area contributed by atoms with Gasteiger partial charge in [0.1, 0.15) is 0 Å². The fraction of sp³-hybridized carbons (Fsp3) is 0.300. The normalized spacial score (nSPS) is 20.0. The van der Waals surface area contributed by atoms with Crippen molar-refractivity contribution in [3.05, 3.63) is 65.7 Å². The number of hydrogen-bond donors (Lipinski definition) is 0. The molecule has 2 aromatic carbocycles. The average Bonchev–Trinajstić information content (AvgIpc) is 2.60. The highest BCUT2D eigenvalue weighted by Crippen LogP contribution is 2.36. The van der Waals surface area contributed by atoms with Gasteiger partial charge < -0.3 is 4.90 Å². The van der Waals surface area contributed by atoms with Gasteiger partial charge in [0.15, 0.2) is 5.78 Å². The highest BCUT2D eigenvalue weighted by atomic mass is 16.1. The van der Waals surface area contributed by atoms with Gasteiger partial charge in [0.2, 0.25) is 0 Å². The van der Waals surface area contributed by atoms with E-state index in [0.717, 1.165) is 17.8 Å². The monoisotopic (exact) mass is 304 g/mol. The molecule has 0 aromatic heterocycles. The maximum Gasteiger partial charge on any atom is 0.169 e. The van der Waals surface area contributed by atoms with Crippen LogP contribution in [0.1, 0.15) is 35.7 Å². The molecule has 0 saturated heterocycles. The number of hydrogen-bond acceptors (Lipinski definition) is 3. The number of carbonyl (C=O) groups is 1. The lowest BCUT2D eigenvalue weighted by Gasteiger charge is -2.41. The summed E-state index contributed by atoms with van der Waals surface area (Å²) in [5, 5.41) is 8.97. The first-order valence-corrected chi connectivity index (χ1v) is 8.03. The van der Waals surface area contributed by atoms with Crippen LogP contribution in [0.4, 0.5) is 5.69 Å². The van der Waals surface area contributed by atoms with Gasteiger partial charge in [-0.2, -0.15) is 5.26 Å². The predicted molar refractivity (Wildman–Crippen MR) is 91.2 cm³/mol. The molecule has 0 spiro atoms. The Morgan fingerprint density at radius 1 is 1.09 bits per heavy atom. The average molecular weight is 304 g/mol. The lowest BCUT2D eigenvalue weighted by molar-refractivity contribution is 0.0896. The Balaban J connectivity index is 2.01. The molecule has 3 rings (SSSR count). The van der Waals surface area contributed by atoms with Crippen molar-refractivity contribution >= 4 is 11.5 Å². The van der Waals surface area contributed by atoms with E-state index in [0.29, 0.717) is 12.8 Å². The third-order valence-electron chi connectivity index (χ3n) is 4.62. The van der Waals surface area contributed by atoms with Crippen LogP contribution in [-0.2, 0) is 6.54 Å². The van der Waals surface area contributed by atoms with Crippen molar-refractivity contribution in [2.75, 3.05) is 4.90 Å². The molecule has 1 aliphatic rings. The molecule has 1 heterocycles. The maximum absolute atomic E-state index is 12.7. The van der Waals surface area contributed by atoms with E-state index < -0.39 is 0 Å². The van der Waals surface area contributed by atoms with Crippen molar-refractivity contribution in [3.63, 3.8) is 0 Å². The number of para-hydroxylation sites is 1. The third-order valence-corrected chi connectivity index (χ3v) is 4.62. The molecule has 0 radical (unpaired) electrons. The van der Waals surface area contributed by atoms with Crippen LogP contribution in [0.3, 0.4) is 0 Å². The summed E-state index contributed by atoms with van der Waals surface area (Å²) in [6.07, 6.45) is 1.18.